The van der Waals surface area contributed by atoms with Crippen LogP contribution in [-0.4, -0.2) is 70.3 Å². The highest BCUT2D eigenvalue weighted by Gasteiger charge is 2.47. The monoisotopic (exact) mass is 481 g/mol. The van der Waals surface area contributed by atoms with Crippen molar-refractivity contribution in [3.05, 3.63) is 30.1 Å². The van der Waals surface area contributed by atoms with E-state index in [0.717, 1.165) is 57.9 Å². The van der Waals surface area contributed by atoms with Crippen LogP contribution in [0.1, 0.15) is 74.6 Å². The maximum absolute atomic E-state index is 13.5. The van der Waals surface area contributed by atoms with Crippen molar-refractivity contribution in [3.8, 4) is 0 Å². The molecule has 0 aromatic carbocycles. The lowest BCUT2D eigenvalue weighted by Gasteiger charge is -2.43. The second-order valence-corrected chi connectivity index (χ2v) is 11.1. The Morgan fingerprint density at radius 1 is 1.00 bits per heavy atom. The highest BCUT2D eigenvalue weighted by Crippen LogP contribution is 2.39. The lowest BCUT2D eigenvalue weighted by molar-refractivity contribution is -0.139. The Labute approximate surface area is 208 Å². The molecule has 35 heavy (non-hydrogen) atoms. The largest absolute Gasteiger partial charge is 0.354 e. The third-order valence-corrected chi connectivity index (χ3v) is 8.43. The van der Waals surface area contributed by atoms with Gasteiger partial charge in [0, 0.05) is 43.5 Å². The third kappa shape index (κ3) is 5.68. The molecule has 5 rings (SSSR count). The highest BCUT2D eigenvalue weighted by atomic mass is 16.2. The first-order chi connectivity index (χ1) is 17.0. The molecule has 190 valence electrons. The lowest BCUT2D eigenvalue weighted by Crippen LogP contribution is -2.59. The van der Waals surface area contributed by atoms with Gasteiger partial charge >= 0.3 is 0 Å². The molecule has 8 nitrogen and oxygen atoms in total. The summed E-state index contributed by atoms with van der Waals surface area (Å²) in [5.41, 5.74) is 6.32. The Bertz CT molecular complexity index is 909. The molecule has 1 aromatic rings. The zero-order valence-corrected chi connectivity index (χ0v) is 20.6. The van der Waals surface area contributed by atoms with Crippen LogP contribution in [0.2, 0.25) is 0 Å². The zero-order valence-electron chi connectivity index (χ0n) is 20.6. The van der Waals surface area contributed by atoms with E-state index in [9.17, 15) is 14.4 Å². The molecule has 3 N–H and O–H groups in total. The van der Waals surface area contributed by atoms with Gasteiger partial charge in [0.1, 0.15) is 6.04 Å². The van der Waals surface area contributed by atoms with Crippen LogP contribution in [0.3, 0.4) is 0 Å². The summed E-state index contributed by atoms with van der Waals surface area (Å²) in [7, 11) is 0. The summed E-state index contributed by atoms with van der Waals surface area (Å²) in [5.74, 6) is 1.24. The predicted molar refractivity (Wildman–Crippen MR) is 132 cm³/mol. The normalized spacial score (nSPS) is 28.9. The van der Waals surface area contributed by atoms with Gasteiger partial charge in [-0.1, -0.05) is 0 Å². The molecular weight excluding hydrogens is 442 g/mol. The van der Waals surface area contributed by atoms with Crippen molar-refractivity contribution in [2.24, 2.45) is 23.5 Å². The number of carbonyl (C=O) groups is 3. The van der Waals surface area contributed by atoms with E-state index in [1.54, 1.807) is 29.4 Å². The van der Waals surface area contributed by atoms with Crippen molar-refractivity contribution < 1.29 is 14.4 Å². The Kier molecular flexibility index (Phi) is 7.37. The van der Waals surface area contributed by atoms with Gasteiger partial charge in [0.2, 0.25) is 11.8 Å². The second-order valence-electron chi connectivity index (χ2n) is 11.1. The topological polar surface area (TPSA) is 109 Å². The second kappa shape index (κ2) is 10.6. The number of hydrogen-bond donors (Lipinski definition) is 2. The molecule has 1 aromatic heterocycles. The molecule has 3 aliphatic carbocycles. The number of aromatic nitrogens is 1. The Hall–Kier alpha value is -2.48. The summed E-state index contributed by atoms with van der Waals surface area (Å²) in [6.45, 7) is 1.85. The molecule has 0 bridgehead atoms. The molecule has 0 spiro atoms. The standard InChI is InChI=1S/C27H39N5O3/c28-15-18-3-5-19(6-4-18)16-30-25(33)24-14-23(32(22-9-10-22)27(35)20-7-8-20)11-13-31(24)26(34)21-2-1-12-29-17-21/h1-2,12,17-20,22-24H,3-11,13-16,28H2,(H,30,33)/t18?,19?,23?,24-/m1/s1. The number of carbonyl (C=O) groups excluding carboxylic acids is 3. The molecule has 1 unspecified atom stereocenters. The van der Waals surface area contributed by atoms with Crippen LogP contribution in [0.15, 0.2) is 24.5 Å². The van der Waals surface area contributed by atoms with Gasteiger partial charge in [-0.2, -0.15) is 0 Å². The maximum atomic E-state index is 13.5. The fourth-order valence-electron chi connectivity index (χ4n) is 5.93. The molecule has 3 saturated carbocycles. The average Bonchev–Trinajstić information content (AvgIpc) is 3.82. The molecule has 4 aliphatic rings. The quantitative estimate of drug-likeness (QED) is 0.592. The van der Waals surface area contributed by atoms with E-state index < -0.39 is 6.04 Å². The number of pyridine rings is 1. The van der Waals surface area contributed by atoms with Crippen molar-refractivity contribution >= 4 is 17.7 Å². The van der Waals surface area contributed by atoms with E-state index in [1.807, 2.05) is 0 Å². The fourth-order valence-corrected chi connectivity index (χ4v) is 5.93. The smallest absolute Gasteiger partial charge is 0.256 e. The molecule has 1 saturated heterocycles. The SMILES string of the molecule is NCC1CCC(CNC(=O)[C@H]2CC(N(C(=O)C3CC3)C3CC3)CCN2C(=O)c2cccnc2)CC1. The summed E-state index contributed by atoms with van der Waals surface area (Å²) >= 11 is 0. The Morgan fingerprint density at radius 2 is 1.74 bits per heavy atom. The fraction of sp³-hybridized carbons (Fsp3) is 0.704. The summed E-state index contributed by atoms with van der Waals surface area (Å²) in [5, 5.41) is 3.18. The average molecular weight is 482 g/mol. The van der Waals surface area contributed by atoms with Crippen molar-refractivity contribution in [2.45, 2.75) is 82.3 Å². The number of rotatable bonds is 8. The van der Waals surface area contributed by atoms with Crippen molar-refractivity contribution in [2.75, 3.05) is 19.6 Å². The molecule has 2 heterocycles. The first-order valence-electron chi connectivity index (χ1n) is 13.6. The van der Waals surface area contributed by atoms with E-state index in [0.29, 0.717) is 49.4 Å². The Morgan fingerprint density at radius 3 is 2.37 bits per heavy atom. The van der Waals surface area contributed by atoms with Crippen LogP contribution in [-0.2, 0) is 9.59 Å². The summed E-state index contributed by atoms with van der Waals surface area (Å²) in [6, 6.07) is 3.25. The van der Waals surface area contributed by atoms with E-state index in [-0.39, 0.29) is 29.7 Å². The molecule has 0 radical (unpaired) electrons. The van der Waals surface area contributed by atoms with Gasteiger partial charge in [-0.15, -0.1) is 0 Å². The number of nitrogens with one attached hydrogen (secondary N) is 1. The van der Waals surface area contributed by atoms with Crippen molar-refractivity contribution in [3.63, 3.8) is 0 Å². The van der Waals surface area contributed by atoms with Gasteiger partial charge < -0.3 is 20.9 Å². The number of amides is 3. The Balaban J connectivity index is 1.29. The van der Waals surface area contributed by atoms with Crippen LogP contribution in [0.25, 0.3) is 0 Å². The molecule has 1 aliphatic heterocycles. The number of piperidine rings is 1. The predicted octanol–water partition coefficient (Wildman–Crippen LogP) is 2.34. The van der Waals surface area contributed by atoms with Crippen molar-refractivity contribution in [1.82, 2.24) is 20.1 Å². The van der Waals surface area contributed by atoms with Crippen LogP contribution in [0.5, 0.6) is 0 Å². The first-order valence-corrected chi connectivity index (χ1v) is 13.6. The summed E-state index contributed by atoms with van der Waals surface area (Å²) in [4.78, 5) is 47.9. The maximum Gasteiger partial charge on any atom is 0.256 e. The zero-order chi connectivity index (χ0) is 24.4. The minimum absolute atomic E-state index is 0.0179. The van der Waals surface area contributed by atoms with E-state index in [1.165, 1.54) is 0 Å². The van der Waals surface area contributed by atoms with Crippen LogP contribution >= 0.6 is 0 Å². The van der Waals surface area contributed by atoms with Crippen LogP contribution < -0.4 is 11.1 Å². The van der Waals surface area contributed by atoms with Gasteiger partial charge in [-0.3, -0.25) is 19.4 Å². The number of nitrogens with zero attached hydrogens (tertiary/aromatic N) is 3. The minimum Gasteiger partial charge on any atom is -0.354 e. The molecule has 4 fully saturated rings. The van der Waals surface area contributed by atoms with E-state index in [2.05, 4.69) is 15.2 Å². The van der Waals surface area contributed by atoms with Gasteiger partial charge in [0.05, 0.1) is 5.56 Å². The first kappa shape index (κ1) is 24.2. The van der Waals surface area contributed by atoms with E-state index in [4.69, 9.17) is 5.73 Å². The lowest BCUT2D eigenvalue weighted by atomic mass is 9.82. The third-order valence-electron chi connectivity index (χ3n) is 8.43. The molecule has 3 amide bonds. The highest BCUT2D eigenvalue weighted by molar-refractivity contribution is 5.97. The van der Waals surface area contributed by atoms with Gasteiger partial charge in [-0.25, -0.2) is 0 Å². The van der Waals surface area contributed by atoms with Gasteiger partial charge in [0.25, 0.3) is 5.91 Å². The molecular formula is C27H39N5O3. The van der Waals surface area contributed by atoms with Crippen molar-refractivity contribution in [1.29, 1.82) is 0 Å². The molecule has 8 heteroatoms. The molecule has 2 atom stereocenters. The number of likely N-dealkylation sites (tertiary alicyclic amines) is 1. The van der Waals surface area contributed by atoms with E-state index >= 15 is 0 Å². The number of nitrogens with two attached hydrogens (primary N) is 1. The van der Waals surface area contributed by atoms with Crippen LogP contribution in [0.4, 0.5) is 0 Å². The van der Waals surface area contributed by atoms with Gasteiger partial charge in [0.15, 0.2) is 0 Å². The van der Waals surface area contributed by atoms with Gasteiger partial charge in [-0.05, 0) is 94.7 Å². The number of hydrogen-bond acceptors (Lipinski definition) is 5. The minimum atomic E-state index is -0.574. The summed E-state index contributed by atoms with van der Waals surface area (Å²) < 4.78 is 0. The van der Waals surface area contributed by atoms with Crippen LogP contribution in [0, 0.1) is 17.8 Å². The summed E-state index contributed by atoms with van der Waals surface area (Å²) in [6.07, 6.45) is 12.9.